The molecule has 3 rings (SSSR count). The summed E-state index contributed by atoms with van der Waals surface area (Å²) in [6.45, 7) is 2.32. The second kappa shape index (κ2) is 4.59. The molecule has 0 unspecified atom stereocenters. The van der Waals surface area contributed by atoms with Crippen LogP contribution in [0.3, 0.4) is 0 Å². The van der Waals surface area contributed by atoms with Crippen molar-refractivity contribution in [2.24, 2.45) is 0 Å². The fourth-order valence-electron chi connectivity index (χ4n) is 2.77. The third kappa shape index (κ3) is 2.06. The smallest absolute Gasteiger partial charge is 0.317 e. The number of carboxylic acid groups (broad SMARTS) is 1. The number of aromatic nitrogens is 1. The third-order valence-electron chi connectivity index (χ3n) is 3.57. The van der Waals surface area contributed by atoms with Crippen molar-refractivity contribution in [2.75, 3.05) is 20.2 Å². The number of fused-ring (bicyclic) bond motifs is 3. The summed E-state index contributed by atoms with van der Waals surface area (Å²) in [6.07, 6.45) is 0. The highest BCUT2D eigenvalue weighted by Gasteiger charge is 2.21. The van der Waals surface area contributed by atoms with Crippen molar-refractivity contribution < 1.29 is 14.6 Å². The molecule has 19 heavy (non-hydrogen) atoms. The Morgan fingerprint density at radius 2 is 2.26 bits per heavy atom. The largest absolute Gasteiger partial charge is 0.495 e. The van der Waals surface area contributed by atoms with Crippen LogP contribution in [0.1, 0.15) is 5.69 Å². The minimum atomic E-state index is -0.776. The van der Waals surface area contributed by atoms with E-state index in [1.165, 1.54) is 0 Å². The van der Waals surface area contributed by atoms with Gasteiger partial charge >= 0.3 is 5.97 Å². The van der Waals surface area contributed by atoms with Crippen LogP contribution in [0.15, 0.2) is 24.3 Å². The van der Waals surface area contributed by atoms with Gasteiger partial charge in [-0.3, -0.25) is 9.69 Å². The number of aliphatic carboxylic acids is 1. The fourth-order valence-corrected chi connectivity index (χ4v) is 2.77. The van der Waals surface area contributed by atoms with Crippen LogP contribution in [0.5, 0.6) is 5.75 Å². The van der Waals surface area contributed by atoms with Gasteiger partial charge in [0.25, 0.3) is 0 Å². The van der Waals surface area contributed by atoms with Crippen molar-refractivity contribution in [3.63, 3.8) is 0 Å². The number of carbonyl (C=O) groups is 1. The highest BCUT2D eigenvalue weighted by molar-refractivity contribution is 5.87. The third-order valence-corrected chi connectivity index (χ3v) is 3.57. The normalized spacial score (nSPS) is 15.4. The first-order chi connectivity index (χ1) is 9.19. The van der Waals surface area contributed by atoms with Gasteiger partial charge in [0.2, 0.25) is 0 Å². The van der Waals surface area contributed by atoms with E-state index in [-0.39, 0.29) is 6.54 Å². The predicted molar refractivity (Wildman–Crippen MR) is 71.4 cm³/mol. The zero-order valence-corrected chi connectivity index (χ0v) is 10.8. The SMILES string of the molecule is COc1cccc2cc3n(c12)CCN(CC(=O)O)C3. The number of benzene rings is 1. The first-order valence-electron chi connectivity index (χ1n) is 6.28. The van der Waals surface area contributed by atoms with Gasteiger partial charge in [0, 0.05) is 30.7 Å². The molecule has 0 bridgehead atoms. The molecule has 0 atom stereocenters. The monoisotopic (exact) mass is 260 g/mol. The standard InChI is InChI=1S/C14H16N2O3/c1-19-12-4-2-3-10-7-11-8-15(9-13(17)18)5-6-16(11)14(10)12/h2-4,7H,5-6,8-9H2,1H3,(H,17,18). The van der Waals surface area contributed by atoms with Gasteiger partial charge in [0.15, 0.2) is 0 Å². The van der Waals surface area contributed by atoms with E-state index in [1.807, 2.05) is 17.0 Å². The maximum atomic E-state index is 10.8. The molecule has 1 aromatic carbocycles. The van der Waals surface area contributed by atoms with E-state index in [4.69, 9.17) is 9.84 Å². The van der Waals surface area contributed by atoms with Gasteiger partial charge in [-0.2, -0.15) is 0 Å². The Balaban J connectivity index is 2.01. The number of nitrogens with zero attached hydrogens (tertiary/aromatic N) is 2. The molecule has 0 amide bonds. The average molecular weight is 260 g/mol. The van der Waals surface area contributed by atoms with E-state index in [9.17, 15) is 4.79 Å². The molecule has 0 saturated carbocycles. The summed E-state index contributed by atoms with van der Waals surface area (Å²) in [5.74, 6) is 0.0950. The summed E-state index contributed by atoms with van der Waals surface area (Å²) >= 11 is 0. The highest BCUT2D eigenvalue weighted by atomic mass is 16.5. The molecule has 1 aromatic heterocycles. The molecule has 1 N–H and O–H groups in total. The second-order valence-corrected chi connectivity index (χ2v) is 4.79. The molecule has 0 radical (unpaired) electrons. The molecule has 0 aliphatic carbocycles. The van der Waals surface area contributed by atoms with Crippen LogP contribution in [0.2, 0.25) is 0 Å². The van der Waals surface area contributed by atoms with Gasteiger partial charge in [0.05, 0.1) is 19.2 Å². The Kier molecular flexibility index (Phi) is 2.91. The number of ether oxygens (including phenoxy) is 1. The number of carboxylic acids is 1. The van der Waals surface area contributed by atoms with Crippen molar-refractivity contribution in [3.05, 3.63) is 30.0 Å². The molecule has 0 fully saturated rings. The Bertz CT molecular complexity index is 633. The van der Waals surface area contributed by atoms with E-state index >= 15 is 0 Å². The zero-order valence-electron chi connectivity index (χ0n) is 10.8. The van der Waals surface area contributed by atoms with Crippen molar-refractivity contribution in [2.45, 2.75) is 13.1 Å². The van der Waals surface area contributed by atoms with E-state index in [0.717, 1.165) is 35.4 Å². The van der Waals surface area contributed by atoms with Gasteiger partial charge in [-0.15, -0.1) is 0 Å². The van der Waals surface area contributed by atoms with Crippen LogP contribution in [0, 0.1) is 0 Å². The first kappa shape index (κ1) is 12.0. The molecule has 5 nitrogen and oxygen atoms in total. The van der Waals surface area contributed by atoms with Crippen LogP contribution < -0.4 is 4.74 Å². The minimum Gasteiger partial charge on any atom is -0.495 e. The molecule has 2 aromatic rings. The van der Waals surface area contributed by atoms with Crippen molar-refractivity contribution >= 4 is 16.9 Å². The molecule has 1 aliphatic heterocycles. The van der Waals surface area contributed by atoms with Crippen LogP contribution in [0.25, 0.3) is 10.9 Å². The summed E-state index contributed by atoms with van der Waals surface area (Å²) in [5.41, 5.74) is 2.25. The molecular weight excluding hydrogens is 244 g/mol. The van der Waals surface area contributed by atoms with Gasteiger partial charge in [0.1, 0.15) is 5.75 Å². The summed E-state index contributed by atoms with van der Waals surface area (Å²) in [7, 11) is 1.67. The lowest BCUT2D eigenvalue weighted by atomic mass is 10.2. The number of rotatable bonds is 3. The summed E-state index contributed by atoms with van der Waals surface area (Å²) in [5, 5.41) is 10.0. The van der Waals surface area contributed by atoms with Crippen LogP contribution in [0.4, 0.5) is 0 Å². The summed E-state index contributed by atoms with van der Waals surface area (Å²) in [4.78, 5) is 12.7. The highest BCUT2D eigenvalue weighted by Crippen LogP contribution is 2.30. The molecule has 1 aliphatic rings. The molecule has 0 saturated heterocycles. The number of para-hydroxylation sites is 1. The number of methoxy groups -OCH3 is 1. The second-order valence-electron chi connectivity index (χ2n) is 4.79. The molecule has 2 heterocycles. The molecular formula is C14H16N2O3. The quantitative estimate of drug-likeness (QED) is 0.909. The number of hydrogen-bond acceptors (Lipinski definition) is 3. The topological polar surface area (TPSA) is 54.7 Å². The van der Waals surface area contributed by atoms with Crippen LogP contribution in [-0.4, -0.2) is 40.7 Å². The lowest BCUT2D eigenvalue weighted by molar-refractivity contribution is -0.138. The predicted octanol–water partition coefficient (Wildman–Crippen LogP) is 1.55. The Morgan fingerprint density at radius 1 is 1.42 bits per heavy atom. The van der Waals surface area contributed by atoms with Gasteiger partial charge in [-0.1, -0.05) is 12.1 Å². The lowest BCUT2D eigenvalue weighted by Crippen LogP contribution is -2.36. The Labute approximate surface area is 111 Å². The average Bonchev–Trinajstić information content (AvgIpc) is 2.75. The Hall–Kier alpha value is -2.01. The van der Waals surface area contributed by atoms with Gasteiger partial charge in [-0.25, -0.2) is 0 Å². The van der Waals surface area contributed by atoms with E-state index in [2.05, 4.69) is 16.7 Å². The van der Waals surface area contributed by atoms with E-state index in [1.54, 1.807) is 7.11 Å². The maximum absolute atomic E-state index is 10.8. The van der Waals surface area contributed by atoms with E-state index < -0.39 is 5.97 Å². The molecule has 100 valence electrons. The van der Waals surface area contributed by atoms with Crippen molar-refractivity contribution in [1.29, 1.82) is 0 Å². The molecule has 0 spiro atoms. The Morgan fingerprint density at radius 3 is 3.00 bits per heavy atom. The molecule has 5 heteroatoms. The number of hydrogen-bond donors (Lipinski definition) is 1. The van der Waals surface area contributed by atoms with E-state index in [0.29, 0.717) is 6.54 Å². The lowest BCUT2D eigenvalue weighted by Gasteiger charge is -2.27. The summed E-state index contributed by atoms with van der Waals surface area (Å²) < 4.78 is 7.64. The van der Waals surface area contributed by atoms with Crippen LogP contribution in [-0.2, 0) is 17.9 Å². The van der Waals surface area contributed by atoms with Gasteiger partial charge in [-0.05, 0) is 12.1 Å². The van der Waals surface area contributed by atoms with Crippen molar-refractivity contribution in [1.82, 2.24) is 9.47 Å². The van der Waals surface area contributed by atoms with Crippen molar-refractivity contribution in [3.8, 4) is 5.75 Å². The minimum absolute atomic E-state index is 0.0959. The zero-order chi connectivity index (χ0) is 13.4. The first-order valence-corrected chi connectivity index (χ1v) is 6.28. The fraction of sp³-hybridized carbons (Fsp3) is 0.357. The van der Waals surface area contributed by atoms with Crippen LogP contribution >= 0.6 is 0 Å². The summed E-state index contributed by atoms with van der Waals surface area (Å²) in [6, 6.07) is 8.11. The van der Waals surface area contributed by atoms with Gasteiger partial charge < -0.3 is 14.4 Å². The maximum Gasteiger partial charge on any atom is 0.317 e.